The van der Waals surface area contributed by atoms with Crippen LogP contribution in [0.2, 0.25) is 0 Å². The highest BCUT2D eigenvalue weighted by atomic mass is 19.1. The third-order valence-corrected chi connectivity index (χ3v) is 2.99. The van der Waals surface area contributed by atoms with Crippen molar-refractivity contribution in [3.05, 3.63) is 60.0 Å². The number of aromatic amines is 1. The van der Waals surface area contributed by atoms with Crippen LogP contribution in [0.5, 0.6) is 0 Å². The molecule has 0 spiro atoms. The molecule has 1 N–H and O–H groups in total. The van der Waals surface area contributed by atoms with Gasteiger partial charge >= 0.3 is 0 Å². The van der Waals surface area contributed by atoms with E-state index in [1.807, 2.05) is 19.1 Å². The van der Waals surface area contributed by atoms with Crippen LogP contribution >= 0.6 is 0 Å². The van der Waals surface area contributed by atoms with Crippen LogP contribution in [0.1, 0.15) is 5.56 Å². The van der Waals surface area contributed by atoms with Gasteiger partial charge in [0.2, 0.25) is 0 Å². The summed E-state index contributed by atoms with van der Waals surface area (Å²) in [6.07, 6.45) is 3.08. The normalized spacial score (nSPS) is 10.9. The number of aromatic nitrogens is 1. The Bertz CT molecular complexity index is 665. The number of rotatable bonds is 1. The summed E-state index contributed by atoms with van der Waals surface area (Å²) in [6, 6.07) is 12.7. The molecule has 0 amide bonds. The van der Waals surface area contributed by atoms with Gasteiger partial charge in [-0.2, -0.15) is 0 Å². The van der Waals surface area contributed by atoms with Crippen molar-refractivity contribution >= 4 is 10.9 Å². The molecule has 1 aromatic heterocycles. The topological polar surface area (TPSA) is 15.8 Å². The molecule has 2 aromatic carbocycles. The zero-order valence-electron chi connectivity index (χ0n) is 9.42. The van der Waals surface area contributed by atoms with E-state index < -0.39 is 0 Å². The van der Waals surface area contributed by atoms with Crippen LogP contribution in [0.3, 0.4) is 0 Å². The summed E-state index contributed by atoms with van der Waals surface area (Å²) in [7, 11) is 0. The third kappa shape index (κ3) is 1.72. The van der Waals surface area contributed by atoms with Gasteiger partial charge in [-0.05, 0) is 47.9 Å². The quantitative estimate of drug-likeness (QED) is 0.641. The Hall–Kier alpha value is -2.09. The molecule has 3 rings (SSSR count). The van der Waals surface area contributed by atoms with Crippen LogP contribution in [0.4, 0.5) is 4.39 Å². The lowest BCUT2D eigenvalue weighted by Gasteiger charge is -2.02. The second-order valence-electron chi connectivity index (χ2n) is 4.14. The van der Waals surface area contributed by atoms with E-state index in [4.69, 9.17) is 0 Å². The third-order valence-electron chi connectivity index (χ3n) is 2.99. The highest BCUT2D eigenvalue weighted by Crippen LogP contribution is 2.25. The van der Waals surface area contributed by atoms with Crippen molar-refractivity contribution < 1.29 is 4.39 Å². The number of hydrogen-bond donors (Lipinski definition) is 1. The monoisotopic (exact) mass is 224 g/mol. The molecule has 3 aromatic rings. The Labute approximate surface area is 98.9 Å². The molecule has 17 heavy (non-hydrogen) atoms. The molecule has 0 saturated carbocycles. The van der Waals surface area contributed by atoms with Crippen LogP contribution in [-0.4, -0.2) is 4.98 Å². The van der Waals surface area contributed by atoms with Gasteiger partial charge in [0.25, 0.3) is 0 Å². The number of hydrogen-bond acceptors (Lipinski definition) is 0. The number of benzene rings is 2. The Kier molecular flexibility index (Phi) is 2.22. The second kappa shape index (κ2) is 3.74. The summed E-state index contributed by atoms with van der Waals surface area (Å²) >= 11 is 0. The minimum atomic E-state index is -0.207. The fraction of sp³-hybridized carbons (Fsp3) is 0.0667. The Morgan fingerprint density at radius 1 is 1.00 bits per heavy atom. The molecule has 0 atom stereocenters. The molecule has 0 aliphatic rings. The molecule has 1 heterocycles. The summed E-state index contributed by atoms with van der Waals surface area (Å²) < 4.78 is 12.9. The van der Waals surface area contributed by atoms with Gasteiger partial charge in [0.1, 0.15) is 5.82 Å². The van der Waals surface area contributed by atoms with E-state index in [-0.39, 0.29) is 5.82 Å². The van der Waals surface area contributed by atoms with Crippen molar-refractivity contribution in [2.75, 3.05) is 0 Å². The standard InChI is InChI=1S/C15H11FN/c1-10-9-17-15-7-4-12(8-14(10)15)11-2-5-13(16)6-3-11/h2-8,17H,1H3. The van der Waals surface area contributed by atoms with Gasteiger partial charge in [-0.25, -0.2) is 4.39 Å². The van der Waals surface area contributed by atoms with Crippen LogP contribution in [0.15, 0.2) is 42.5 Å². The minimum Gasteiger partial charge on any atom is -0.353 e. The summed E-state index contributed by atoms with van der Waals surface area (Å²) in [5, 5.41) is 1.16. The molecular weight excluding hydrogens is 213 g/mol. The van der Waals surface area contributed by atoms with Crippen LogP contribution in [-0.2, 0) is 0 Å². The fourth-order valence-electron chi connectivity index (χ4n) is 2.01. The van der Waals surface area contributed by atoms with Crippen molar-refractivity contribution in [2.24, 2.45) is 0 Å². The lowest BCUT2D eigenvalue weighted by Crippen LogP contribution is -1.79. The van der Waals surface area contributed by atoms with Gasteiger partial charge in [0.15, 0.2) is 0 Å². The van der Waals surface area contributed by atoms with Gasteiger partial charge in [0.05, 0.1) is 6.20 Å². The van der Waals surface area contributed by atoms with Gasteiger partial charge in [-0.3, -0.25) is 0 Å². The molecule has 0 fully saturated rings. The molecule has 0 bridgehead atoms. The van der Waals surface area contributed by atoms with E-state index in [1.165, 1.54) is 12.1 Å². The molecule has 0 unspecified atom stereocenters. The number of nitrogens with one attached hydrogen (secondary N) is 1. The lowest BCUT2D eigenvalue weighted by atomic mass is 10.0. The van der Waals surface area contributed by atoms with Crippen molar-refractivity contribution in [3.8, 4) is 11.1 Å². The van der Waals surface area contributed by atoms with Crippen molar-refractivity contribution in [3.63, 3.8) is 0 Å². The lowest BCUT2D eigenvalue weighted by molar-refractivity contribution is 0.628. The Morgan fingerprint density at radius 2 is 1.71 bits per heavy atom. The van der Waals surface area contributed by atoms with E-state index in [0.29, 0.717) is 0 Å². The Balaban J connectivity index is 2.17. The van der Waals surface area contributed by atoms with Gasteiger partial charge < -0.3 is 4.98 Å². The van der Waals surface area contributed by atoms with Crippen LogP contribution in [0.25, 0.3) is 22.0 Å². The first-order valence-electron chi connectivity index (χ1n) is 5.50. The predicted octanol–water partition coefficient (Wildman–Crippen LogP) is 4.08. The Morgan fingerprint density at radius 3 is 2.47 bits per heavy atom. The molecule has 0 saturated heterocycles. The summed E-state index contributed by atoms with van der Waals surface area (Å²) in [5.74, 6) is -0.207. The molecule has 2 heteroatoms. The van der Waals surface area contributed by atoms with Crippen LogP contribution in [0, 0.1) is 18.9 Å². The largest absolute Gasteiger partial charge is 0.353 e. The van der Waals surface area contributed by atoms with E-state index in [1.54, 1.807) is 12.1 Å². The summed E-state index contributed by atoms with van der Waals surface area (Å²) in [5.41, 5.74) is 4.29. The van der Waals surface area contributed by atoms with Crippen LogP contribution < -0.4 is 0 Å². The number of H-pyrrole nitrogens is 1. The number of fused-ring (bicyclic) bond motifs is 1. The van der Waals surface area contributed by atoms with Crippen molar-refractivity contribution in [1.82, 2.24) is 4.98 Å². The maximum atomic E-state index is 12.9. The first-order valence-corrected chi connectivity index (χ1v) is 5.50. The van der Waals surface area contributed by atoms with E-state index >= 15 is 0 Å². The SMILES string of the molecule is Cc1[c][nH]c2ccc(-c3ccc(F)cc3)cc12. The highest BCUT2D eigenvalue weighted by Gasteiger charge is 2.03. The fourth-order valence-corrected chi connectivity index (χ4v) is 2.01. The van der Waals surface area contributed by atoms with E-state index in [2.05, 4.69) is 17.2 Å². The highest BCUT2D eigenvalue weighted by molar-refractivity contribution is 5.87. The second-order valence-corrected chi connectivity index (χ2v) is 4.14. The minimum absolute atomic E-state index is 0.207. The maximum Gasteiger partial charge on any atom is 0.123 e. The molecule has 1 radical (unpaired) electrons. The smallest absolute Gasteiger partial charge is 0.123 e. The predicted molar refractivity (Wildman–Crippen MR) is 67.3 cm³/mol. The van der Waals surface area contributed by atoms with Crippen molar-refractivity contribution in [2.45, 2.75) is 6.92 Å². The zero-order chi connectivity index (χ0) is 11.8. The molecule has 0 aliphatic carbocycles. The van der Waals surface area contributed by atoms with Gasteiger partial charge in [0, 0.05) is 10.9 Å². The van der Waals surface area contributed by atoms with Gasteiger partial charge in [-0.15, -0.1) is 0 Å². The number of aryl methyl sites for hydroxylation is 1. The average Bonchev–Trinajstić information content (AvgIpc) is 2.72. The van der Waals surface area contributed by atoms with Crippen molar-refractivity contribution in [1.29, 1.82) is 0 Å². The van der Waals surface area contributed by atoms with Gasteiger partial charge in [-0.1, -0.05) is 18.2 Å². The average molecular weight is 224 g/mol. The summed E-state index contributed by atoms with van der Waals surface area (Å²) in [4.78, 5) is 3.09. The van der Waals surface area contributed by atoms with E-state index in [0.717, 1.165) is 27.6 Å². The molecule has 1 nitrogen and oxygen atoms in total. The molecular formula is C15H11FN. The molecule has 0 aliphatic heterocycles. The summed E-state index contributed by atoms with van der Waals surface area (Å²) in [6.45, 7) is 2.02. The maximum absolute atomic E-state index is 12.9. The zero-order valence-corrected chi connectivity index (χ0v) is 9.42. The first kappa shape index (κ1) is 10.1. The number of halogens is 1. The molecule has 83 valence electrons. The first-order chi connectivity index (χ1) is 8.24. The van der Waals surface area contributed by atoms with E-state index in [9.17, 15) is 4.39 Å².